The minimum Gasteiger partial charge on any atom is -0.368 e. The van der Waals surface area contributed by atoms with E-state index in [2.05, 4.69) is 0 Å². The van der Waals surface area contributed by atoms with Crippen LogP contribution in [0.5, 0.6) is 0 Å². The van der Waals surface area contributed by atoms with Crippen LogP contribution in [0, 0.1) is 17.1 Å². The van der Waals surface area contributed by atoms with Gasteiger partial charge in [-0.1, -0.05) is 24.3 Å². The quantitative estimate of drug-likeness (QED) is 0.844. The summed E-state index contributed by atoms with van der Waals surface area (Å²) in [5, 5.41) is 9.19. The van der Waals surface area contributed by atoms with Crippen molar-refractivity contribution in [3.63, 3.8) is 0 Å². The van der Waals surface area contributed by atoms with Gasteiger partial charge in [0.1, 0.15) is 11.9 Å². The predicted octanol–water partition coefficient (Wildman–Crippen LogP) is 2.85. The second kappa shape index (κ2) is 6.92. The molecule has 0 bridgehead atoms. The van der Waals surface area contributed by atoms with E-state index >= 15 is 0 Å². The Kier molecular flexibility index (Phi) is 4.86. The molecule has 0 aromatic heterocycles. The number of hydrogen-bond acceptors (Lipinski definition) is 4. The Bertz CT molecular complexity index is 907. The number of sulfonamides is 1. The average Bonchev–Trinajstić information content (AvgIpc) is 2.61. The molecule has 2 aromatic rings. The van der Waals surface area contributed by atoms with Crippen molar-refractivity contribution in [2.75, 3.05) is 13.1 Å². The summed E-state index contributed by atoms with van der Waals surface area (Å²) in [4.78, 5) is -0.00976. The van der Waals surface area contributed by atoms with Crippen LogP contribution in [0.2, 0.25) is 0 Å². The number of hydrogen-bond donors (Lipinski definition) is 0. The molecule has 0 saturated carbocycles. The maximum Gasteiger partial charge on any atom is 0.244 e. The van der Waals surface area contributed by atoms with E-state index < -0.39 is 16.1 Å². The Morgan fingerprint density at radius 2 is 1.84 bits per heavy atom. The van der Waals surface area contributed by atoms with E-state index in [0.717, 1.165) is 0 Å². The zero-order valence-electron chi connectivity index (χ0n) is 13.6. The Labute approximate surface area is 146 Å². The van der Waals surface area contributed by atoms with Crippen molar-refractivity contribution >= 4 is 10.0 Å². The van der Waals surface area contributed by atoms with Gasteiger partial charge >= 0.3 is 0 Å². The fourth-order valence-electron chi connectivity index (χ4n) is 2.89. The Morgan fingerprint density at radius 3 is 2.52 bits per heavy atom. The van der Waals surface area contributed by atoms with E-state index in [1.165, 1.54) is 28.6 Å². The molecule has 0 aliphatic carbocycles. The first kappa shape index (κ1) is 17.5. The van der Waals surface area contributed by atoms with Gasteiger partial charge in [-0.15, -0.1) is 0 Å². The molecule has 2 aromatic carbocycles. The largest absolute Gasteiger partial charge is 0.368 e. The Balaban J connectivity index is 1.93. The van der Waals surface area contributed by atoms with E-state index in [1.807, 2.05) is 6.07 Å². The smallest absolute Gasteiger partial charge is 0.244 e. The monoisotopic (exact) mass is 360 g/mol. The lowest BCUT2D eigenvalue weighted by Gasteiger charge is -2.36. The van der Waals surface area contributed by atoms with Crippen molar-refractivity contribution < 1.29 is 17.5 Å². The highest BCUT2D eigenvalue weighted by molar-refractivity contribution is 7.89. The molecular formula is C18H17FN2O3S. The van der Waals surface area contributed by atoms with E-state index in [0.29, 0.717) is 5.56 Å². The SMILES string of the molecule is CC1CN(S(=O)(=O)c2ccccc2C#N)CC(c2ccc(F)cc2)O1. The van der Waals surface area contributed by atoms with Crippen LogP contribution in [0.15, 0.2) is 53.4 Å². The molecule has 0 radical (unpaired) electrons. The molecule has 1 aliphatic rings. The lowest BCUT2D eigenvalue weighted by molar-refractivity contribution is -0.0557. The predicted molar refractivity (Wildman–Crippen MR) is 89.6 cm³/mol. The number of nitriles is 1. The first-order valence-corrected chi connectivity index (χ1v) is 9.26. The van der Waals surface area contributed by atoms with Gasteiger partial charge in [-0.05, 0) is 36.8 Å². The van der Waals surface area contributed by atoms with Gasteiger partial charge in [0, 0.05) is 13.1 Å². The summed E-state index contributed by atoms with van der Waals surface area (Å²) in [6, 6.07) is 13.9. The van der Waals surface area contributed by atoms with Crippen LogP contribution in [-0.2, 0) is 14.8 Å². The fourth-order valence-corrected chi connectivity index (χ4v) is 4.55. The number of nitrogens with zero attached hydrogens (tertiary/aromatic N) is 2. The van der Waals surface area contributed by atoms with Crippen LogP contribution in [0.1, 0.15) is 24.2 Å². The highest BCUT2D eigenvalue weighted by Crippen LogP contribution is 2.30. The third kappa shape index (κ3) is 3.56. The molecule has 0 spiro atoms. The Morgan fingerprint density at radius 1 is 1.16 bits per heavy atom. The minimum atomic E-state index is -3.83. The van der Waals surface area contributed by atoms with Gasteiger partial charge in [0.2, 0.25) is 10.0 Å². The maximum absolute atomic E-state index is 13.1. The molecule has 1 saturated heterocycles. The topological polar surface area (TPSA) is 70.4 Å². The van der Waals surface area contributed by atoms with Crippen LogP contribution >= 0.6 is 0 Å². The van der Waals surface area contributed by atoms with Gasteiger partial charge in [0.05, 0.1) is 22.7 Å². The molecule has 2 atom stereocenters. The van der Waals surface area contributed by atoms with Crippen LogP contribution in [0.3, 0.4) is 0 Å². The molecule has 7 heteroatoms. The normalized spacial score (nSPS) is 21.6. The van der Waals surface area contributed by atoms with Crippen molar-refractivity contribution in [1.29, 1.82) is 5.26 Å². The molecule has 25 heavy (non-hydrogen) atoms. The van der Waals surface area contributed by atoms with Gasteiger partial charge in [-0.3, -0.25) is 0 Å². The second-order valence-corrected chi connectivity index (χ2v) is 7.82. The van der Waals surface area contributed by atoms with E-state index in [4.69, 9.17) is 4.74 Å². The molecule has 3 rings (SSSR count). The van der Waals surface area contributed by atoms with E-state index in [1.54, 1.807) is 31.2 Å². The molecule has 0 amide bonds. The third-order valence-electron chi connectivity index (χ3n) is 4.09. The minimum absolute atomic E-state index is 0.00976. The van der Waals surface area contributed by atoms with Gasteiger partial charge in [-0.2, -0.15) is 9.57 Å². The molecule has 1 aliphatic heterocycles. The Hall–Kier alpha value is -2.27. The lowest BCUT2D eigenvalue weighted by Crippen LogP contribution is -2.46. The number of morpholine rings is 1. The molecule has 0 N–H and O–H groups in total. The van der Waals surface area contributed by atoms with Crippen molar-refractivity contribution in [2.24, 2.45) is 0 Å². The van der Waals surface area contributed by atoms with Crippen LogP contribution in [-0.4, -0.2) is 31.9 Å². The number of halogens is 1. The van der Waals surface area contributed by atoms with Gasteiger partial charge in [0.25, 0.3) is 0 Å². The first-order valence-electron chi connectivity index (χ1n) is 7.82. The fraction of sp³-hybridized carbons (Fsp3) is 0.278. The van der Waals surface area contributed by atoms with Crippen LogP contribution < -0.4 is 0 Å². The number of benzene rings is 2. The average molecular weight is 360 g/mol. The molecule has 5 nitrogen and oxygen atoms in total. The standard InChI is InChI=1S/C18H17FN2O3S/c1-13-11-21(12-17(24-13)14-6-8-16(19)9-7-14)25(22,23)18-5-3-2-4-15(18)10-20/h2-9,13,17H,11-12H2,1H3. The summed E-state index contributed by atoms with van der Waals surface area (Å²) in [7, 11) is -3.83. The summed E-state index contributed by atoms with van der Waals surface area (Å²) in [5.41, 5.74) is 0.821. The third-order valence-corrected chi connectivity index (χ3v) is 5.98. The van der Waals surface area contributed by atoms with Crippen LogP contribution in [0.4, 0.5) is 4.39 Å². The zero-order valence-corrected chi connectivity index (χ0v) is 14.4. The molecule has 1 fully saturated rings. The van der Waals surface area contributed by atoms with E-state index in [9.17, 15) is 18.1 Å². The number of rotatable bonds is 3. The maximum atomic E-state index is 13.1. The summed E-state index contributed by atoms with van der Waals surface area (Å²) >= 11 is 0. The molecular weight excluding hydrogens is 343 g/mol. The van der Waals surface area contributed by atoms with Crippen molar-refractivity contribution in [1.82, 2.24) is 4.31 Å². The summed E-state index contributed by atoms with van der Waals surface area (Å²) < 4.78 is 46.3. The van der Waals surface area contributed by atoms with Gasteiger partial charge < -0.3 is 4.74 Å². The summed E-state index contributed by atoms with van der Waals surface area (Å²) in [6.07, 6.45) is -0.818. The second-order valence-electron chi connectivity index (χ2n) is 5.92. The highest BCUT2D eigenvalue weighted by atomic mass is 32.2. The van der Waals surface area contributed by atoms with Crippen molar-refractivity contribution in [3.05, 3.63) is 65.5 Å². The number of ether oxygens (including phenoxy) is 1. The highest BCUT2D eigenvalue weighted by Gasteiger charge is 2.35. The summed E-state index contributed by atoms with van der Waals surface area (Å²) in [6.45, 7) is 2.09. The van der Waals surface area contributed by atoms with Crippen LogP contribution in [0.25, 0.3) is 0 Å². The van der Waals surface area contributed by atoms with Gasteiger partial charge in [0.15, 0.2) is 0 Å². The molecule has 130 valence electrons. The zero-order chi connectivity index (χ0) is 18.0. The molecule has 2 unspecified atom stereocenters. The van der Waals surface area contributed by atoms with Crippen molar-refractivity contribution in [3.8, 4) is 6.07 Å². The van der Waals surface area contributed by atoms with Gasteiger partial charge in [-0.25, -0.2) is 12.8 Å². The van der Waals surface area contributed by atoms with Crippen molar-refractivity contribution in [2.45, 2.75) is 24.0 Å². The molecule has 1 heterocycles. The lowest BCUT2D eigenvalue weighted by atomic mass is 10.1. The first-order chi connectivity index (χ1) is 11.9. The van der Waals surface area contributed by atoms with E-state index in [-0.39, 0.29) is 35.5 Å². The summed E-state index contributed by atoms with van der Waals surface area (Å²) in [5.74, 6) is -0.361.